The van der Waals surface area contributed by atoms with E-state index in [1.54, 1.807) is 14.0 Å². The normalized spacial score (nSPS) is 10.8. The van der Waals surface area contributed by atoms with Gasteiger partial charge < -0.3 is 14.2 Å². The number of carbonyl (C=O) groups is 2. The Hall–Kier alpha value is -1.30. The highest BCUT2D eigenvalue weighted by molar-refractivity contribution is 5.78. The highest BCUT2D eigenvalue weighted by Crippen LogP contribution is 2.13. The molecule has 0 unspecified atom stereocenters. The maximum absolute atomic E-state index is 11.9. The van der Waals surface area contributed by atoms with Gasteiger partial charge in [-0.05, 0) is 13.3 Å². The third-order valence-corrected chi connectivity index (χ3v) is 5.23. The second-order valence-corrected chi connectivity index (χ2v) is 7.94. The van der Waals surface area contributed by atoms with Gasteiger partial charge in [-0.25, -0.2) is 4.79 Å². The molecule has 0 atom stereocenters. The molecule has 0 heterocycles. The Kier molecular flexibility index (Phi) is 21.4. The number of hydrogen-bond donors (Lipinski definition) is 0. The summed E-state index contributed by atoms with van der Waals surface area (Å²) in [6.45, 7) is 5.35. The Balaban J connectivity index is 3.46. The summed E-state index contributed by atoms with van der Waals surface area (Å²) in [6.07, 6.45) is 17.7. The highest BCUT2D eigenvalue weighted by atomic mass is 16.6. The lowest BCUT2D eigenvalue weighted by Crippen LogP contribution is -2.37. The molecule has 178 valence electrons. The molecule has 0 aromatic heterocycles. The van der Waals surface area contributed by atoms with Crippen LogP contribution in [0.15, 0.2) is 0 Å². The summed E-state index contributed by atoms with van der Waals surface area (Å²) < 4.78 is 15.1. The molecule has 0 aromatic carbocycles. The monoisotopic (exact) mass is 429 g/mol. The molecule has 0 aliphatic heterocycles. The van der Waals surface area contributed by atoms with Gasteiger partial charge in [0, 0.05) is 13.7 Å². The van der Waals surface area contributed by atoms with Crippen molar-refractivity contribution >= 4 is 12.1 Å². The quantitative estimate of drug-likeness (QED) is 0.162. The van der Waals surface area contributed by atoms with Gasteiger partial charge in [-0.1, -0.05) is 90.4 Å². The topological polar surface area (TPSA) is 65.1 Å². The van der Waals surface area contributed by atoms with Crippen LogP contribution in [0.5, 0.6) is 0 Å². The number of hydrogen-bond acceptors (Lipinski definition) is 5. The second-order valence-electron chi connectivity index (χ2n) is 7.94. The molecule has 0 saturated carbocycles. The van der Waals surface area contributed by atoms with Gasteiger partial charge in [0.05, 0.1) is 13.2 Å². The molecule has 0 aliphatic rings. The zero-order valence-corrected chi connectivity index (χ0v) is 19.9. The first-order valence-electron chi connectivity index (χ1n) is 12.2. The van der Waals surface area contributed by atoms with Crippen LogP contribution in [0.4, 0.5) is 4.79 Å². The van der Waals surface area contributed by atoms with Gasteiger partial charge in [-0.3, -0.25) is 9.69 Å². The summed E-state index contributed by atoms with van der Waals surface area (Å²) in [6, 6.07) is 0. The molecule has 0 bridgehead atoms. The molecule has 0 aliphatic carbocycles. The number of esters is 1. The van der Waals surface area contributed by atoms with Crippen molar-refractivity contribution < 1.29 is 23.8 Å². The van der Waals surface area contributed by atoms with Crippen LogP contribution in [-0.4, -0.2) is 57.0 Å². The number of nitrogens with zero attached hydrogens (tertiary/aromatic N) is 1. The molecule has 0 saturated heterocycles. The fourth-order valence-electron chi connectivity index (χ4n) is 3.29. The van der Waals surface area contributed by atoms with Crippen molar-refractivity contribution in [2.75, 3.05) is 40.0 Å². The predicted molar refractivity (Wildman–Crippen MR) is 122 cm³/mol. The lowest BCUT2D eigenvalue weighted by atomic mass is 10.0. The van der Waals surface area contributed by atoms with Gasteiger partial charge in [0.25, 0.3) is 0 Å². The van der Waals surface area contributed by atoms with E-state index in [9.17, 15) is 9.59 Å². The lowest BCUT2D eigenvalue weighted by molar-refractivity contribution is -0.144. The van der Waals surface area contributed by atoms with Crippen molar-refractivity contribution in [1.82, 2.24) is 4.90 Å². The van der Waals surface area contributed by atoms with E-state index in [-0.39, 0.29) is 19.1 Å². The van der Waals surface area contributed by atoms with Crippen LogP contribution < -0.4 is 0 Å². The molecular formula is C24H47NO5. The third kappa shape index (κ3) is 18.7. The van der Waals surface area contributed by atoms with Gasteiger partial charge in [0.1, 0.15) is 13.2 Å². The number of amides is 1. The molecule has 0 spiro atoms. The van der Waals surface area contributed by atoms with Crippen LogP contribution in [0, 0.1) is 0 Å². The van der Waals surface area contributed by atoms with Gasteiger partial charge in [-0.15, -0.1) is 0 Å². The second kappa shape index (κ2) is 22.4. The highest BCUT2D eigenvalue weighted by Gasteiger charge is 2.17. The Morgan fingerprint density at radius 2 is 1.13 bits per heavy atom. The smallest absolute Gasteiger partial charge is 0.410 e. The summed E-state index contributed by atoms with van der Waals surface area (Å²) >= 11 is 0. The molecular weight excluding hydrogens is 382 g/mol. The number of rotatable bonds is 21. The number of carbonyl (C=O) groups excluding carboxylic acids is 2. The fraction of sp³-hybridized carbons (Fsp3) is 0.917. The number of unbranched alkanes of at least 4 members (excludes halogenated alkanes) is 13. The van der Waals surface area contributed by atoms with Crippen molar-refractivity contribution in [1.29, 1.82) is 0 Å². The number of ether oxygens (including phenoxy) is 3. The van der Waals surface area contributed by atoms with Crippen LogP contribution >= 0.6 is 0 Å². The summed E-state index contributed by atoms with van der Waals surface area (Å²) in [5.41, 5.74) is 0. The molecule has 1 amide bonds. The Morgan fingerprint density at radius 3 is 1.60 bits per heavy atom. The SMILES string of the molecule is CCCCCCCCCCCCCCCCOC(=O)CN(CC)C(=O)OCCOC. The van der Waals surface area contributed by atoms with Gasteiger partial charge >= 0.3 is 12.1 Å². The minimum atomic E-state index is -0.511. The average Bonchev–Trinajstić information content (AvgIpc) is 2.74. The average molecular weight is 430 g/mol. The minimum absolute atomic E-state index is 0.0685. The Labute approximate surface area is 185 Å². The van der Waals surface area contributed by atoms with Crippen molar-refractivity contribution in [3.8, 4) is 0 Å². The van der Waals surface area contributed by atoms with Gasteiger partial charge in [0.15, 0.2) is 0 Å². The molecule has 0 N–H and O–H groups in total. The Morgan fingerprint density at radius 1 is 0.633 bits per heavy atom. The van der Waals surface area contributed by atoms with Crippen molar-refractivity contribution in [3.05, 3.63) is 0 Å². The van der Waals surface area contributed by atoms with Crippen LogP contribution in [0.1, 0.15) is 104 Å². The van der Waals surface area contributed by atoms with Crippen molar-refractivity contribution in [3.63, 3.8) is 0 Å². The molecule has 0 rings (SSSR count). The van der Waals surface area contributed by atoms with Crippen molar-refractivity contribution in [2.24, 2.45) is 0 Å². The van der Waals surface area contributed by atoms with E-state index in [4.69, 9.17) is 14.2 Å². The van der Waals surface area contributed by atoms with E-state index in [2.05, 4.69) is 6.92 Å². The first-order valence-corrected chi connectivity index (χ1v) is 12.2. The van der Waals surface area contributed by atoms with E-state index in [0.29, 0.717) is 19.8 Å². The largest absolute Gasteiger partial charge is 0.464 e. The van der Waals surface area contributed by atoms with E-state index >= 15 is 0 Å². The maximum Gasteiger partial charge on any atom is 0.410 e. The summed E-state index contributed by atoms with van der Waals surface area (Å²) in [5, 5.41) is 0. The first kappa shape index (κ1) is 28.7. The molecule has 0 radical (unpaired) electrons. The first-order chi connectivity index (χ1) is 14.7. The number of methoxy groups -OCH3 is 1. The molecule has 6 heteroatoms. The van der Waals surface area contributed by atoms with E-state index in [1.165, 1.54) is 81.9 Å². The minimum Gasteiger partial charge on any atom is -0.464 e. The standard InChI is InChI=1S/C24H47NO5/c1-4-6-7-8-9-10-11-12-13-14-15-16-17-18-19-29-23(26)22-25(5-2)24(27)30-21-20-28-3/h4-22H2,1-3H3. The molecule has 6 nitrogen and oxygen atoms in total. The van der Waals surface area contributed by atoms with Crippen molar-refractivity contribution in [2.45, 2.75) is 104 Å². The van der Waals surface area contributed by atoms with Crippen LogP contribution in [0.2, 0.25) is 0 Å². The van der Waals surface area contributed by atoms with Crippen LogP contribution in [0.25, 0.3) is 0 Å². The predicted octanol–water partition coefficient (Wildman–Crippen LogP) is 6.12. The molecule has 0 fully saturated rings. The zero-order valence-electron chi connectivity index (χ0n) is 19.9. The number of likely N-dealkylation sites (N-methyl/N-ethyl adjacent to an activating group) is 1. The van der Waals surface area contributed by atoms with Crippen LogP contribution in [0.3, 0.4) is 0 Å². The molecule has 30 heavy (non-hydrogen) atoms. The summed E-state index contributed by atoms with van der Waals surface area (Å²) in [7, 11) is 1.54. The molecule has 0 aromatic rings. The van der Waals surface area contributed by atoms with Crippen LogP contribution in [-0.2, 0) is 19.0 Å². The third-order valence-electron chi connectivity index (χ3n) is 5.23. The fourth-order valence-corrected chi connectivity index (χ4v) is 3.29. The Bertz CT molecular complexity index is 403. The lowest BCUT2D eigenvalue weighted by Gasteiger charge is -2.19. The van der Waals surface area contributed by atoms with E-state index < -0.39 is 6.09 Å². The summed E-state index contributed by atoms with van der Waals surface area (Å²) in [5.74, 6) is -0.379. The van der Waals surface area contributed by atoms with Gasteiger partial charge in [-0.2, -0.15) is 0 Å². The summed E-state index contributed by atoms with van der Waals surface area (Å²) in [4.78, 5) is 25.1. The van der Waals surface area contributed by atoms with E-state index in [1.807, 2.05) is 0 Å². The van der Waals surface area contributed by atoms with Gasteiger partial charge in [0.2, 0.25) is 0 Å². The maximum atomic E-state index is 11.9. The van der Waals surface area contributed by atoms with E-state index in [0.717, 1.165) is 12.8 Å². The zero-order chi connectivity index (χ0) is 22.3.